The maximum absolute atomic E-state index is 11.7. The molecule has 20 heavy (non-hydrogen) atoms. The van der Waals surface area contributed by atoms with Gasteiger partial charge in [-0.2, -0.15) is 0 Å². The second-order valence-corrected chi connectivity index (χ2v) is 4.68. The summed E-state index contributed by atoms with van der Waals surface area (Å²) in [6.45, 7) is 3.91. The van der Waals surface area contributed by atoms with Crippen molar-refractivity contribution in [1.29, 1.82) is 0 Å². The first-order valence-corrected chi connectivity index (χ1v) is 6.69. The molecule has 0 saturated carbocycles. The van der Waals surface area contributed by atoms with E-state index in [-0.39, 0.29) is 5.91 Å². The van der Waals surface area contributed by atoms with E-state index in [2.05, 4.69) is 10.4 Å². The number of hydrogen-bond acceptors (Lipinski definition) is 4. The number of aromatic nitrogens is 1. The number of amides is 1. The Hall–Kier alpha value is -2.14. The van der Waals surface area contributed by atoms with Gasteiger partial charge in [0.2, 0.25) is 0 Å². The van der Waals surface area contributed by atoms with Crippen molar-refractivity contribution in [1.82, 2.24) is 10.4 Å². The van der Waals surface area contributed by atoms with Crippen LogP contribution in [0, 0.1) is 6.92 Å². The van der Waals surface area contributed by atoms with Crippen LogP contribution >= 0.6 is 0 Å². The minimum Gasteiger partial charge on any atom is -0.478 e. The third-order valence-electron chi connectivity index (χ3n) is 3.08. The van der Waals surface area contributed by atoms with Gasteiger partial charge in [-0.1, -0.05) is 31.5 Å². The van der Waals surface area contributed by atoms with Crippen LogP contribution in [0.1, 0.15) is 25.5 Å². The minimum atomic E-state index is -0.599. The first kappa shape index (κ1) is 14.3. The van der Waals surface area contributed by atoms with Gasteiger partial charge >= 0.3 is 0 Å². The highest BCUT2D eigenvalue weighted by Gasteiger charge is 2.19. The van der Waals surface area contributed by atoms with Gasteiger partial charge in [0.05, 0.1) is 0 Å². The summed E-state index contributed by atoms with van der Waals surface area (Å²) in [6.07, 6.45) is 0.832. The molecule has 1 heterocycles. The standard InChI is InChI=1S/C15H19N3O2/c1-3-5-13(15(19)18-16)20-12-7-4-6-11-9-8-10(2)17-14(11)12/h4,6-9,13H,3,5,16H2,1-2H3,(H,18,19). The summed E-state index contributed by atoms with van der Waals surface area (Å²) in [4.78, 5) is 16.2. The van der Waals surface area contributed by atoms with E-state index in [0.717, 1.165) is 23.0 Å². The molecule has 1 unspecified atom stereocenters. The molecule has 0 spiro atoms. The number of benzene rings is 1. The predicted octanol–water partition coefficient (Wildman–Crippen LogP) is 2.08. The molecule has 2 aromatic rings. The summed E-state index contributed by atoms with van der Waals surface area (Å²) in [7, 11) is 0. The second kappa shape index (κ2) is 6.34. The Morgan fingerprint density at radius 1 is 1.40 bits per heavy atom. The molecule has 5 nitrogen and oxygen atoms in total. The van der Waals surface area contributed by atoms with Gasteiger partial charge in [0.25, 0.3) is 5.91 Å². The molecule has 3 N–H and O–H groups in total. The lowest BCUT2D eigenvalue weighted by Gasteiger charge is -2.17. The highest BCUT2D eigenvalue weighted by Crippen LogP contribution is 2.25. The monoisotopic (exact) mass is 273 g/mol. The van der Waals surface area contributed by atoms with E-state index in [1.165, 1.54) is 0 Å². The second-order valence-electron chi connectivity index (χ2n) is 4.68. The van der Waals surface area contributed by atoms with Crippen LogP contribution in [-0.2, 0) is 4.79 Å². The lowest BCUT2D eigenvalue weighted by Crippen LogP contribution is -2.42. The normalized spacial score (nSPS) is 12.2. The molecule has 106 valence electrons. The minimum absolute atomic E-state index is 0.323. The molecule has 5 heteroatoms. The fraction of sp³-hybridized carbons (Fsp3) is 0.333. The van der Waals surface area contributed by atoms with Crippen LogP contribution in [0.5, 0.6) is 5.75 Å². The fourth-order valence-electron chi connectivity index (χ4n) is 2.06. The van der Waals surface area contributed by atoms with Crippen molar-refractivity contribution in [2.24, 2.45) is 5.84 Å². The van der Waals surface area contributed by atoms with Gasteiger partial charge in [-0.05, 0) is 25.5 Å². The number of aryl methyl sites for hydroxylation is 1. The van der Waals surface area contributed by atoms with E-state index in [1.807, 2.05) is 44.2 Å². The highest BCUT2D eigenvalue weighted by molar-refractivity contribution is 5.86. The number of carbonyl (C=O) groups excluding carboxylic acids is 1. The Kier molecular flexibility index (Phi) is 4.53. The molecule has 1 aromatic carbocycles. The van der Waals surface area contributed by atoms with Gasteiger partial charge in [0.15, 0.2) is 6.10 Å². The molecule has 0 saturated heterocycles. The Bertz CT molecular complexity index is 613. The molecule has 0 aliphatic rings. The van der Waals surface area contributed by atoms with Crippen LogP contribution in [-0.4, -0.2) is 17.0 Å². The first-order valence-electron chi connectivity index (χ1n) is 6.69. The van der Waals surface area contributed by atoms with E-state index in [0.29, 0.717) is 12.2 Å². The third kappa shape index (κ3) is 3.05. The topological polar surface area (TPSA) is 77.2 Å². The zero-order chi connectivity index (χ0) is 14.5. The average Bonchev–Trinajstić information content (AvgIpc) is 2.46. The van der Waals surface area contributed by atoms with Crippen LogP contribution in [0.2, 0.25) is 0 Å². The van der Waals surface area contributed by atoms with Gasteiger partial charge < -0.3 is 4.74 Å². The Labute approximate surface area is 118 Å². The van der Waals surface area contributed by atoms with Gasteiger partial charge in [0.1, 0.15) is 11.3 Å². The van der Waals surface area contributed by atoms with E-state index in [1.54, 1.807) is 0 Å². The third-order valence-corrected chi connectivity index (χ3v) is 3.08. The zero-order valence-corrected chi connectivity index (χ0v) is 11.7. The number of hydrogen-bond donors (Lipinski definition) is 2. The highest BCUT2D eigenvalue weighted by atomic mass is 16.5. The summed E-state index contributed by atoms with van der Waals surface area (Å²) in [5.74, 6) is 5.48. The number of fused-ring (bicyclic) bond motifs is 1. The van der Waals surface area contributed by atoms with Crippen LogP contribution < -0.4 is 16.0 Å². The average molecular weight is 273 g/mol. The number of para-hydroxylation sites is 1. The van der Waals surface area contributed by atoms with Gasteiger partial charge in [-0.25, -0.2) is 10.8 Å². The van der Waals surface area contributed by atoms with Crippen molar-refractivity contribution in [3.05, 3.63) is 36.0 Å². The predicted molar refractivity (Wildman–Crippen MR) is 78.1 cm³/mol. The number of nitrogens with zero attached hydrogens (tertiary/aromatic N) is 1. The van der Waals surface area contributed by atoms with Crippen molar-refractivity contribution in [3.63, 3.8) is 0 Å². The maximum Gasteiger partial charge on any atom is 0.274 e. The van der Waals surface area contributed by atoms with Crippen LogP contribution in [0.3, 0.4) is 0 Å². The van der Waals surface area contributed by atoms with Crippen molar-refractivity contribution in [2.75, 3.05) is 0 Å². The SMILES string of the molecule is CCCC(Oc1cccc2ccc(C)nc12)C(=O)NN. The molecule has 0 bridgehead atoms. The number of nitrogens with one attached hydrogen (secondary N) is 1. The summed E-state index contributed by atoms with van der Waals surface area (Å²) in [5.41, 5.74) is 3.81. The lowest BCUT2D eigenvalue weighted by molar-refractivity contribution is -0.128. The molecule has 0 radical (unpaired) electrons. The molecule has 1 atom stereocenters. The van der Waals surface area contributed by atoms with Crippen molar-refractivity contribution in [2.45, 2.75) is 32.8 Å². The van der Waals surface area contributed by atoms with Crippen molar-refractivity contribution in [3.8, 4) is 5.75 Å². The molecule has 0 aliphatic carbocycles. The molecule has 0 aliphatic heterocycles. The van der Waals surface area contributed by atoms with Crippen molar-refractivity contribution >= 4 is 16.8 Å². The maximum atomic E-state index is 11.7. The molecular weight excluding hydrogens is 254 g/mol. The first-order chi connectivity index (χ1) is 9.65. The van der Waals surface area contributed by atoms with E-state index < -0.39 is 6.10 Å². The van der Waals surface area contributed by atoms with E-state index >= 15 is 0 Å². The Balaban J connectivity index is 2.36. The van der Waals surface area contributed by atoms with Crippen molar-refractivity contribution < 1.29 is 9.53 Å². The van der Waals surface area contributed by atoms with Crippen LogP contribution in [0.15, 0.2) is 30.3 Å². The number of hydrazine groups is 1. The molecule has 1 aromatic heterocycles. The number of rotatable bonds is 5. The molecular formula is C15H19N3O2. The van der Waals surface area contributed by atoms with E-state index in [4.69, 9.17) is 10.6 Å². The molecule has 2 rings (SSSR count). The Morgan fingerprint density at radius 3 is 2.90 bits per heavy atom. The quantitative estimate of drug-likeness (QED) is 0.497. The lowest BCUT2D eigenvalue weighted by atomic mass is 10.1. The Morgan fingerprint density at radius 2 is 2.20 bits per heavy atom. The van der Waals surface area contributed by atoms with Crippen LogP contribution in [0.25, 0.3) is 10.9 Å². The molecule has 0 fully saturated rings. The smallest absolute Gasteiger partial charge is 0.274 e. The van der Waals surface area contributed by atoms with Gasteiger partial charge in [-0.15, -0.1) is 0 Å². The summed E-state index contributed by atoms with van der Waals surface area (Å²) in [6, 6.07) is 9.61. The fourth-order valence-corrected chi connectivity index (χ4v) is 2.06. The summed E-state index contributed by atoms with van der Waals surface area (Å²) < 4.78 is 5.82. The van der Waals surface area contributed by atoms with Gasteiger partial charge in [0, 0.05) is 11.1 Å². The van der Waals surface area contributed by atoms with Gasteiger partial charge in [-0.3, -0.25) is 10.2 Å². The summed E-state index contributed by atoms with van der Waals surface area (Å²) >= 11 is 0. The largest absolute Gasteiger partial charge is 0.478 e. The summed E-state index contributed by atoms with van der Waals surface area (Å²) in [5, 5.41) is 0.983. The van der Waals surface area contributed by atoms with Crippen LogP contribution in [0.4, 0.5) is 0 Å². The number of pyridine rings is 1. The number of ether oxygens (including phenoxy) is 1. The number of nitrogens with two attached hydrogens (primary N) is 1. The number of carbonyl (C=O) groups is 1. The molecule has 1 amide bonds. The van der Waals surface area contributed by atoms with E-state index in [9.17, 15) is 4.79 Å². The zero-order valence-electron chi connectivity index (χ0n) is 11.7.